The van der Waals surface area contributed by atoms with E-state index in [9.17, 15) is 4.79 Å². The van der Waals surface area contributed by atoms with Crippen molar-refractivity contribution in [1.29, 1.82) is 0 Å². The van der Waals surface area contributed by atoms with Gasteiger partial charge in [-0.3, -0.25) is 4.79 Å². The van der Waals surface area contributed by atoms with E-state index in [2.05, 4.69) is 5.32 Å². The maximum Gasteiger partial charge on any atom is 0.248 e. The SMILES string of the molecule is CCN(CCO)C(=O)COC1CCNCC1. The predicted octanol–water partition coefficient (Wildman–Crippen LogP) is -0.404. The van der Waals surface area contributed by atoms with Crippen molar-refractivity contribution >= 4 is 5.91 Å². The third-order valence-electron chi connectivity index (χ3n) is 2.83. The average molecular weight is 230 g/mol. The van der Waals surface area contributed by atoms with Crippen molar-refractivity contribution in [3.63, 3.8) is 0 Å². The molecule has 0 saturated carbocycles. The summed E-state index contributed by atoms with van der Waals surface area (Å²) in [6, 6.07) is 0. The molecule has 0 aromatic rings. The van der Waals surface area contributed by atoms with Crippen molar-refractivity contribution < 1.29 is 14.6 Å². The number of nitrogens with one attached hydrogen (secondary N) is 1. The van der Waals surface area contributed by atoms with Gasteiger partial charge in [-0.05, 0) is 32.9 Å². The Morgan fingerprint density at radius 1 is 1.50 bits per heavy atom. The Labute approximate surface area is 96.8 Å². The average Bonchev–Trinajstić information content (AvgIpc) is 2.34. The third-order valence-corrected chi connectivity index (χ3v) is 2.83. The van der Waals surface area contributed by atoms with Crippen LogP contribution in [0.15, 0.2) is 0 Å². The third kappa shape index (κ3) is 4.47. The number of hydrogen-bond acceptors (Lipinski definition) is 4. The second-order valence-electron chi connectivity index (χ2n) is 3.96. The fourth-order valence-electron chi connectivity index (χ4n) is 1.82. The van der Waals surface area contributed by atoms with Gasteiger partial charge in [0.2, 0.25) is 5.91 Å². The van der Waals surface area contributed by atoms with Gasteiger partial charge < -0.3 is 20.1 Å². The van der Waals surface area contributed by atoms with Crippen LogP contribution in [0, 0.1) is 0 Å². The van der Waals surface area contributed by atoms with E-state index in [-0.39, 0.29) is 25.2 Å². The van der Waals surface area contributed by atoms with Crippen LogP contribution in [-0.2, 0) is 9.53 Å². The maximum atomic E-state index is 11.7. The molecule has 0 aromatic heterocycles. The van der Waals surface area contributed by atoms with Gasteiger partial charge in [0.25, 0.3) is 0 Å². The lowest BCUT2D eigenvalue weighted by Gasteiger charge is -2.25. The molecule has 1 saturated heterocycles. The number of ether oxygens (including phenoxy) is 1. The summed E-state index contributed by atoms with van der Waals surface area (Å²) < 4.78 is 5.56. The number of amides is 1. The van der Waals surface area contributed by atoms with Gasteiger partial charge in [-0.1, -0.05) is 0 Å². The molecule has 1 aliphatic heterocycles. The van der Waals surface area contributed by atoms with Crippen molar-refractivity contribution in [1.82, 2.24) is 10.2 Å². The summed E-state index contributed by atoms with van der Waals surface area (Å²) in [6.45, 7) is 4.99. The van der Waals surface area contributed by atoms with Crippen molar-refractivity contribution in [2.24, 2.45) is 0 Å². The topological polar surface area (TPSA) is 61.8 Å². The zero-order valence-electron chi connectivity index (χ0n) is 9.95. The number of hydrogen-bond donors (Lipinski definition) is 2. The first-order chi connectivity index (χ1) is 7.77. The highest BCUT2D eigenvalue weighted by Crippen LogP contribution is 2.07. The Hall–Kier alpha value is -0.650. The van der Waals surface area contributed by atoms with Gasteiger partial charge in [-0.2, -0.15) is 0 Å². The molecule has 0 atom stereocenters. The molecular weight excluding hydrogens is 208 g/mol. The summed E-state index contributed by atoms with van der Waals surface area (Å²) in [5, 5.41) is 12.0. The molecule has 1 rings (SSSR count). The van der Waals surface area contributed by atoms with Crippen LogP contribution in [-0.4, -0.2) is 61.4 Å². The molecule has 1 amide bonds. The van der Waals surface area contributed by atoms with Gasteiger partial charge in [0.15, 0.2) is 0 Å². The van der Waals surface area contributed by atoms with E-state index < -0.39 is 0 Å². The molecule has 1 fully saturated rings. The first kappa shape index (κ1) is 13.4. The van der Waals surface area contributed by atoms with Crippen LogP contribution in [0.1, 0.15) is 19.8 Å². The van der Waals surface area contributed by atoms with Gasteiger partial charge >= 0.3 is 0 Å². The highest BCUT2D eigenvalue weighted by molar-refractivity contribution is 5.77. The molecule has 0 aromatic carbocycles. The summed E-state index contributed by atoms with van der Waals surface area (Å²) in [4.78, 5) is 13.3. The standard InChI is InChI=1S/C11H22N2O3/c1-2-13(7-8-14)11(15)9-16-10-3-5-12-6-4-10/h10,12,14H,2-9H2,1H3. The van der Waals surface area contributed by atoms with Gasteiger partial charge in [0.1, 0.15) is 6.61 Å². The molecule has 0 bridgehead atoms. The van der Waals surface area contributed by atoms with Crippen LogP contribution in [0.5, 0.6) is 0 Å². The number of aliphatic hydroxyl groups excluding tert-OH is 1. The van der Waals surface area contributed by atoms with E-state index in [1.54, 1.807) is 4.90 Å². The summed E-state index contributed by atoms with van der Waals surface area (Å²) in [5.74, 6) is -0.0323. The van der Waals surface area contributed by atoms with Crippen LogP contribution < -0.4 is 5.32 Å². The summed E-state index contributed by atoms with van der Waals surface area (Å²) >= 11 is 0. The Morgan fingerprint density at radius 2 is 2.19 bits per heavy atom. The van der Waals surface area contributed by atoms with Crippen LogP contribution in [0.3, 0.4) is 0 Å². The number of aliphatic hydroxyl groups is 1. The number of nitrogens with zero attached hydrogens (tertiary/aromatic N) is 1. The zero-order chi connectivity index (χ0) is 11.8. The van der Waals surface area contributed by atoms with Crippen molar-refractivity contribution in [2.45, 2.75) is 25.9 Å². The summed E-state index contributed by atoms with van der Waals surface area (Å²) in [5.41, 5.74) is 0. The monoisotopic (exact) mass is 230 g/mol. The fraction of sp³-hybridized carbons (Fsp3) is 0.909. The fourth-order valence-corrected chi connectivity index (χ4v) is 1.82. The van der Waals surface area contributed by atoms with Crippen LogP contribution in [0.4, 0.5) is 0 Å². The van der Waals surface area contributed by atoms with Crippen LogP contribution in [0.25, 0.3) is 0 Å². The Morgan fingerprint density at radius 3 is 2.75 bits per heavy atom. The molecule has 1 heterocycles. The van der Waals surface area contributed by atoms with Gasteiger partial charge in [-0.15, -0.1) is 0 Å². The van der Waals surface area contributed by atoms with Crippen molar-refractivity contribution in [3.05, 3.63) is 0 Å². The molecule has 5 nitrogen and oxygen atoms in total. The first-order valence-corrected chi connectivity index (χ1v) is 5.99. The second kappa shape index (κ2) is 7.60. The highest BCUT2D eigenvalue weighted by atomic mass is 16.5. The minimum atomic E-state index is -0.0323. The molecule has 0 spiro atoms. The molecule has 16 heavy (non-hydrogen) atoms. The molecule has 0 radical (unpaired) electrons. The van der Waals surface area contributed by atoms with Crippen molar-refractivity contribution in [3.8, 4) is 0 Å². The smallest absolute Gasteiger partial charge is 0.248 e. The number of likely N-dealkylation sites (N-methyl/N-ethyl adjacent to an activating group) is 1. The lowest BCUT2D eigenvalue weighted by atomic mass is 10.1. The Bertz CT molecular complexity index is 205. The van der Waals surface area contributed by atoms with E-state index in [1.165, 1.54) is 0 Å². The minimum absolute atomic E-state index is 0.00687. The van der Waals surface area contributed by atoms with Gasteiger partial charge in [-0.25, -0.2) is 0 Å². The van der Waals surface area contributed by atoms with E-state index in [0.717, 1.165) is 25.9 Å². The highest BCUT2D eigenvalue weighted by Gasteiger charge is 2.17. The maximum absolute atomic E-state index is 11.7. The molecule has 5 heteroatoms. The van der Waals surface area contributed by atoms with Gasteiger partial charge in [0.05, 0.1) is 12.7 Å². The molecule has 94 valence electrons. The lowest BCUT2D eigenvalue weighted by Crippen LogP contribution is -2.39. The predicted molar refractivity (Wildman–Crippen MR) is 61.2 cm³/mol. The Kier molecular flexibility index (Phi) is 6.37. The Balaban J connectivity index is 2.21. The van der Waals surface area contributed by atoms with E-state index in [4.69, 9.17) is 9.84 Å². The molecule has 0 aliphatic carbocycles. The zero-order valence-corrected chi connectivity index (χ0v) is 9.95. The number of piperidine rings is 1. The largest absolute Gasteiger partial charge is 0.395 e. The van der Waals surface area contributed by atoms with Crippen LogP contribution in [0.2, 0.25) is 0 Å². The summed E-state index contributed by atoms with van der Waals surface area (Å²) in [6.07, 6.45) is 2.15. The van der Waals surface area contributed by atoms with E-state index in [1.807, 2.05) is 6.92 Å². The molecule has 0 unspecified atom stereocenters. The molecule has 1 aliphatic rings. The summed E-state index contributed by atoms with van der Waals surface area (Å²) in [7, 11) is 0. The number of carbonyl (C=O) groups excluding carboxylic acids is 1. The quantitative estimate of drug-likeness (QED) is 0.651. The van der Waals surface area contributed by atoms with E-state index in [0.29, 0.717) is 13.1 Å². The molecule has 2 N–H and O–H groups in total. The lowest BCUT2D eigenvalue weighted by molar-refractivity contribution is -0.139. The molecular formula is C11H22N2O3. The minimum Gasteiger partial charge on any atom is -0.395 e. The van der Waals surface area contributed by atoms with Gasteiger partial charge in [0, 0.05) is 13.1 Å². The van der Waals surface area contributed by atoms with E-state index >= 15 is 0 Å². The van der Waals surface area contributed by atoms with Crippen molar-refractivity contribution in [2.75, 3.05) is 39.4 Å². The first-order valence-electron chi connectivity index (χ1n) is 5.99. The normalized spacial score (nSPS) is 17.4. The number of carbonyl (C=O) groups is 1. The second-order valence-corrected chi connectivity index (χ2v) is 3.96. The number of rotatable bonds is 6. The van der Waals surface area contributed by atoms with Crippen LogP contribution >= 0.6 is 0 Å².